The number of nitrogens with zero attached hydrogens (tertiary/aromatic N) is 1. The Morgan fingerprint density at radius 3 is 2.94 bits per heavy atom. The molecule has 1 aromatic carbocycles. The fraction of sp³-hybridized carbons (Fsp3) is 0.417. The minimum Gasteiger partial charge on any atom is -0.336 e. The molecular formula is C12H15N3O. The standard InChI is InChI=1S/C12H15N3O/c16-12-14-5-6-15(12)11-2-1-9-3-4-13-8-10(9)7-11/h1-2,7,13H,3-6,8H2,(H,14,16). The van der Waals surface area contributed by atoms with Crippen LogP contribution in [-0.4, -0.2) is 25.7 Å². The first kappa shape index (κ1) is 9.66. The Morgan fingerprint density at radius 1 is 1.19 bits per heavy atom. The summed E-state index contributed by atoms with van der Waals surface area (Å²) in [4.78, 5) is 13.3. The fourth-order valence-corrected chi connectivity index (χ4v) is 2.35. The molecule has 3 rings (SSSR count). The van der Waals surface area contributed by atoms with E-state index in [1.807, 2.05) is 0 Å². The Kier molecular flexibility index (Phi) is 2.29. The lowest BCUT2D eigenvalue weighted by molar-refractivity contribution is 0.252. The van der Waals surface area contributed by atoms with Gasteiger partial charge >= 0.3 is 6.03 Å². The van der Waals surface area contributed by atoms with Gasteiger partial charge in [0.2, 0.25) is 0 Å². The average molecular weight is 217 g/mol. The van der Waals surface area contributed by atoms with E-state index in [4.69, 9.17) is 0 Å². The minimum atomic E-state index is 0.0173. The molecular weight excluding hydrogens is 202 g/mol. The highest BCUT2D eigenvalue weighted by Gasteiger charge is 2.22. The minimum absolute atomic E-state index is 0.0173. The summed E-state index contributed by atoms with van der Waals surface area (Å²) in [5.74, 6) is 0. The third-order valence-corrected chi connectivity index (χ3v) is 3.24. The second-order valence-electron chi connectivity index (χ2n) is 4.26. The summed E-state index contributed by atoms with van der Waals surface area (Å²) < 4.78 is 0. The number of amides is 2. The van der Waals surface area contributed by atoms with Crippen molar-refractivity contribution in [1.29, 1.82) is 0 Å². The second-order valence-corrected chi connectivity index (χ2v) is 4.26. The maximum atomic E-state index is 11.5. The smallest absolute Gasteiger partial charge is 0.321 e. The Morgan fingerprint density at radius 2 is 2.12 bits per heavy atom. The Bertz CT molecular complexity index is 430. The molecule has 4 nitrogen and oxygen atoms in total. The summed E-state index contributed by atoms with van der Waals surface area (Å²) in [5, 5.41) is 6.17. The number of carbonyl (C=O) groups is 1. The lowest BCUT2D eigenvalue weighted by Crippen LogP contribution is -2.29. The van der Waals surface area contributed by atoms with Gasteiger partial charge in [0.25, 0.3) is 0 Å². The quantitative estimate of drug-likeness (QED) is 0.733. The van der Waals surface area contributed by atoms with E-state index < -0.39 is 0 Å². The van der Waals surface area contributed by atoms with Crippen LogP contribution < -0.4 is 15.5 Å². The Balaban J connectivity index is 1.93. The maximum absolute atomic E-state index is 11.5. The molecule has 16 heavy (non-hydrogen) atoms. The molecule has 1 aromatic rings. The molecule has 2 amide bonds. The van der Waals surface area contributed by atoms with Gasteiger partial charge in [0.1, 0.15) is 0 Å². The molecule has 0 bridgehead atoms. The van der Waals surface area contributed by atoms with Crippen LogP contribution in [0.3, 0.4) is 0 Å². The first-order valence-corrected chi connectivity index (χ1v) is 5.72. The number of benzene rings is 1. The van der Waals surface area contributed by atoms with Gasteiger partial charge in [0.15, 0.2) is 0 Å². The summed E-state index contributed by atoms with van der Waals surface area (Å²) in [6, 6.07) is 6.35. The third-order valence-electron chi connectivity index (χ3n) is 3.24. The van der Waals surface area contributed by atoms with Crippen molar-refractivity contribution >= 4 is 11.7 Å². The van der Waals surface area contributed by atoms with Crippen molar-refractivity contribution in [3.8, 4) is 0 Å². The molecule has 1 saturated heterocycles. The van der Waals surface area contributed by atoms with Gasteiger partial charge in [-0.15, -0.1) is 0 Å². The summed E-state index contributed by atoms with van der Waals surface area (Å²) in [6.07, 6.45) is 1.09. The van der Waals surface area contributed by atoms with Crippen molar-refractivity contribution in [2.24, 2.45) is 0 Å². The van der Waals surface area contributed by atoms with Crippen LogP contribution in [0, 0.1) is 0 Å². The van der Waals surface area contributed by atoms with Crippen LogP contribution in [0.4, 0.5) is 10.5 Å². The maximum Gasteiger partial charge on any atom is 0.321 e. The molecule has 0 aromatic heterocycles. The number of hydrogen-bond donors (Lipinski definition) is 2. The van der Waals surface area contributed by atoms with Crippen LogP contribution in [0.1, 0.15) is 11.1 Å². The van der Waals surface area contributed by atoms with Crippen molar-refractivity contribution < 1.29 is 4.79 Å². The number of rotatable bonds is 1. The Hall–Kier alpha value is -1.55. The Labute approximate surface area is 94.6 Å². The molecule has 2 aliphatic rings. The van der Waals surface area contributed by atoms with Crippen LogP contribution >= 0.6 is 0 Å². The number of hydrogen-bond acceptors (Lipinski definition) is 2. The van der Waals surface area contributed by atoms with Gasteiger partial charge < -0.3 is 10.6 Å². The van der Waals surface area contributed by atoms with E-state index in [2.05, 4.69) is 28.8 Å². The first-order valence-electron chi connectivity index (χ1n) is 5.72. The van der Waals surface area contributed by atoms with Gasteiger partial charge in [-0.3, -0.25) is 4.90 Å². The van der Waals surface area contributed by atoms with E-state index in [-0.39, 0.29) is 6.03 Å². The van der Waals surface area contributed by atoms with Gasteiger partial charge in [-0.2, -0.15) is 0 Å². The molecule has 0 aliphatic carbocycles. The molecule has 0 unspecified atom stereocenters. The van der Waals surface area contributed by atoms with E-state index in [0.29, 0.717) is 0 Å². The van der Waals surface area contributed by atoms with Crippen molar-refractivity contribution in [3.63, 3.8) is 0 Å². The van der Waals surface area contributed by atoms with Crippen molar-refractivity contribution in [1.82, 2.24) is 10.6 Å². The van der Waals surface area contributed by atoms with Crippen molar-refractivity contribution in [3.05, 3.63) is 29.3 Å². The molecule has 0 saturated carbocycles. The topological polar surface area (TPSA) is 44.4 Å². The van der Waals surface area contributed by atoms with Crippen LogP contribution in [0.5, 0.6) is 0 Å². The van der Waals surface area contributed by atoms with Gasteiger partial charge in [0, 0.05) is 25.3 Å². The summed E-state index contributed by atoms with van der Waals surface area (Å²) in [7, 11) is 0. The molecule has 2 aliphatic heterocycles. The molecule has 0 radical (unpaired) electrons. The van der Waals surface area contributed by atoms with Crippen LogP contribution in [0.15, 0.2) is 18.2 Å². The molecule has 84 valence electrons. The van der Waals surface area contributed by atoms with Crippen molar-refractivity contribution in [2.45, 2.75) is 13.0 Å². The zero-order chi connectivity index (χ0) is 11.0. The molecule has 2 N–H and O–H groups in total. The number of fused-ring (bicyclic) bond motifs is 1. The van der Waals surface area contributed by atoms with E-state index in [1.54, 1.807) is 4.90 Å². The zero-order valence-electron chi connectivity index (χ0n) is 9.12. The molecule has 0 atom stereocenters. The highest BCUT2D eigenvalue weighted by Crippen LogP contribution is 2.23. The second kappa shape index (κ2) is 3.79. The number of carbonyl (C=O) groups excluding carboxylic acids is 1. The van der Waals surface area contributed by atoms with Gasteiger partial charge in [-0.25, -0.2) is 4.79 Å². The van der Waals surface area contributed by atoms with Gasteiger partial charge in [0.05, 0.1) is 0 Å². The summed E-state index contributed by atoms with van der Waals surface area (Å²) >= 11 is 0. The van der Waals surface area contributed by atoms with Gasteiger partial charge in [-0.05, 0) is 36.2 Å². The highest BCUT2D eigenvalue weighted by molar-refractivity contribution is 5.94. The predicted molar refractivity (Wildman–Crippen MR) is 62.6 cm³/mol. The first-order chi connectivity index (χ1) is 7.84. The van der Waals surface area contributed by atoms with E-state index >= 15 is 0 Å². The van der Waals surface area contributed by atoms with Crippen molar-refractivity contribution in [2.75, 3.05) is 24.5 Å². The number of anilines is 1. The van der Waals surface area contributed by atoms with Gasteiger partial charge in [-0.1, -0.05) is 6.07 Å². The lowest BCUT2D eigenvalue weighted by atomic mass is 10.0. The SMILES string of the molecule is O=C1NCCN1c1ccc2c(c1)CNCC2. The van der Waals surface area contributed by atoms with Crippen LogP contribution in [-0.2, 0) is 13.0 Å². The molecule has 0 spiro atoms. The molecule has 4 heteroatoms. The molecule has 2 heterocycles. The monoisotopic (exact) mass is 217 g/mol. The lowest BCUT2D eigenvalue weighted by Gasteiger charge is -2.21. The van der Waals surface area contributed by atoms with Crippen LogP contribution in [0.2, 0.25) is 0 Å². The largest absolute Gasteiger partial charge is 0.336 e. The summed E-state index contributed by atoms with van der Waals surface area (Å²) in [5.41, 5.74) is 3.74. The van der Waals surface area contributed by atoms with E-state index in [1.165, 1.54) is 11.1 Å². The van der Waals surface area contributed by atoms with Crippen LogP contribution in [0.25, 0.3) is 0 Å². The highest BCUT2D eigenvalue weighted by atomic mass is 16.2. The number of nitrogens with one attached hydrogen (secondary N) is 2. The van der Waals surface area contributed by atoms with E-state index in [0.717, 1.165) is 38.3 Å². The fourth-order valence-electron chi connectivity index (χ4n) is 2.35. The summed E-state index contributed by atoms with van der Waals surface area (Å²) in [6.45, 7) is 3.48. The van der Waals surface area contributed by atoms with E-state index in [9.17, 15) is 4.79 Å². The average Bonchev–Trinajstić information content (AvgIpc) is 2.75. The predicted octanol–water partition coefficient (Wildman–Crippen LogP) is 0.862. The molecule has 1 fully saturated rings. The normalized spacial score (nSPS) is 19.5. The third kappa shape index (κ3) is 1.55. The number of urea groups is 1. The zero-order valence-corrected chi connectivity index (χ0v) is 9.12.